The predicted octanol–water partition coefficient (Wildman–Crippen LogP) is 8.07. The Kier molecular flexibility index (Phi) is 5.26. The van der Waals surface area contributed by atoms with E-state index in [1.54, 1.807) is 0 Å². The summed E-state index contributed by atoms with van der Waals surface area (Å²) in [5.74, 6) is 0. The lowest BCUT2D eigenvalue weighted by molar-refractivity contribution is 0.0941. The standard InChI is InChI=1S/C30H28N2O2S/c1-20-26(31-28(33)34-30(18-19-30)25-6-4-3-5-7-25)27(35-32-20)23-10-8-21(9-11-23)22-12-14-24(15-13-22)29(2)16-17-29/h3-15H,16-19H2,1-2H3,(H,31,33). The van der Waals surface area contributed by atoms with Crippen LogP contribution in [0, 0.1) is 6.92 Å². The number of aryl methyl sites for hydroxylation is 1. The zero-order chi connectivity index (χ0) is 24.0. The van der Waals surface area contributed by atoms with E-state index in [1.165, 1.54) is 41.1 Å². The topological polar surface area (TPSA) is 51.2 Å². The summed E-state index contributed by atoms with van der Waals surface area (Å²) in [4.78, 5) is 13.8. The van der Waals surface area contributed by atoms with E-state index in [1.807, 2.05) is 37.3 Å². The first-order chi connectivity index (χ1) is 17.0. The molecule has 2 fully saturated rings. The fourth-order valence-electron chi connectivity index (χ4n) is 4.68. The molecule has 3 aromatic carbocycles. The van der Waals surface area contributed by atoms with Crippen molar-refractivity contribution >= 4 is 23.3 Å². The maximum Gasteiger partial charge on any atom is 0.412 e. The van der Waals surface area contributed by atoms with Crippen LogP contribution in [0.5, 0.6) is 0 Å². The van der Waals surface area contributed by atoms with Crippen LogP contribution in [0.15, 0.2) is 78.9 Å². The molecular formula is C30H28N2O2S. The monoisotopic (exact) mass is 480 g/mol. The molecule has 1 aromatic heterocycles. The second kappa shape index (κ2) is 8.35. The van der Waals surface area contributed by atoms with Gasteiger partial charge in [-0.1, -0.05) is 85.8 Å². The highest BCUT2D eigenvalue weighted by molar-refractivity contribution is 7.10. The maximum absolute atomic E-state index is 12.9. The number of nitrogens with zero attached hydrogens (tertiary/aromatic N) is 1. The van der Waals surface area contributed by atoms with Gasteiger partial charge in [-0.3, -0.25) is 5.32 Å². The number of hydrogen-bond donors (Lipinski definition) is 1. The second-order valence-electron chi connectivity index (χ2n) is 10.1. The van der Waals surface area contributed by atoms with Gasteiger partial charge in [0.1, 0.15) is 5.60 Å². The summed E-state index contributed by atoms with van der Waals surface area (Å²) in [6.07, 6.45) is 3.83. The summed E-state index contributed by atoms with van der Waals surface area (Å²) in [5, 5.41) is 2.98. The van der Waals surface area contributed by atoms with Gasteiger partial charge in [0, 0.05) is 0 Å². The van der Waals surface area contributed by atoms with Crippen LogP contribution in [0.25, 0.3) is 21.6 Å². The van der Waals surface area contributed by atoms with E-state index in [-0.39, 0.29) is 0 Å². The first kappa shape index (κ1) is 22.1. The average molecular weight is 481 g/mol. The van der Waals surface area contributed by atoms with Crippen molar-refractivity contribution in [2.24, 2.45) is 0 Å². The Balaban J connectivity index is 1.18. The highest BCUT2D eigenvalue weighted by atomic mass is 32.1. The van der Waals surface area contributed by atoms with Crippen molar-refractivity contribution < 1.29 is 9.53 Å². The van der Waals surface area contributed by atoms with Crippen LogP contribution in [0.3, 0.4) is 0 Å². The molecular weight excluding hydrogens is 452 g/mol. The molecule has 176 valence electrons. The molecule has 2 aliphatic carbocycles. The number of anilines is 1. The summed E-state index contributed by atoms with van der Waals surface area (Å²) >= 11 is 1.39. The Morgan fingerprint density at radius 1 is 0.829 bits per heavy atom. The third kappa shape index (κ3) is 4.25. The number of benzene rings is 3. The van der Waals surface area contributed by atoms with E-state index in [2.05, 4.69) is 65.1 Å². The molecule has 4 aromatic rings. The van der Waals surface area contributed by atoms with Gasteiger partial charge in [-0.15, -0.1) is 0 Å². The molecule has 0 unspecified atom stereocenters. The Bertz CT molecular complexity index is 1370. The Labute approximate surface area is 210 Å². The molecule has 2 aliphatic rings. The summed E-state index contributed by atoms with van der Waals surface area (Å²) in [7, 11) is 0. The van der Waals surface area contributed by atoms with Crippen LogP contribution in [0.1, 0.15) is 49.4 Å². The summed E-state index contributed by atoms with van der Waals surface area (Å²) < 4.78 is 10.4. The number of ether oxygens (including phenoxy) is 1. The van der Waals surface area contributed by atoms with Crippen molar-refractivity contribution in [1.29, 1.82) is 0 Å². The maximum atomic E-state index is 12.9. The molecule has 0 spiro atoms. The molecule has 5 heteroatoms. The molecule has 0 aliphatic heterocycles. The van der Waals surface area contributed by atoms with Gasteiger partial charge >= 0.3 is 6.09 Å². The van der Waals surface area contributed by atoms with Crippen LogP contribution in [0.4, 0.5) is 10.5 Å². The number of amides is 1. The van der Waals surface area contributed by atoms with Crippen LogP contribution in [-0.4, -0.2) is 10.5 Å². The van der Waals surface area contributed by atoms with Gasteiger partial charge < -0.3 is 4.74 Å². The minimum atomic E-state index is -0.503. The van der Waals surface area contributed by atoms with Gasteiger partial charge in [-0.2, -0.15) is 4.37 Å². The first-order valence-corrected chi connectivity index (χ1v) is 13.0. The molecule has 4 nitrogen and oxygen atoms in total. The highest BCUT2D eigenvalue weighted by Crippen LogP contribution is 2.50. The number of carbonyl (C=O) groups excluding carboxylic acids is 1. The van der Waals surface area contributed by atoms with Crippen molar-refractivity contribution in [1.82, 2.24) is 4.37 Å². The first-order valence-electron chi connectivity index (χ1n) is 12.2. The summed E-state index contributed by atoms with van der Waals surface area (Å²) in [5.41, 5.74) is 7.29. The SMILES string of the molecule is Cc1nsc(-c2ccc(-c3ccc(C4(C)CC4)cc3)cc2)c1NC(=O)OC1(c2ccccc2)CC1. The number of hydrogen-bond acceptors (Lipinski definition) is 4. The fourth-order valence-corrected chi connectivity index (χ4v) is 5.53. The van der Waals surface area contributed by atoms with Crippen molar-refractivity contribution in [2.45, 2.75) is 50.5 Å². The lowest BCUT2D eigenvalue weighted by atomic mass is 9.95. The van der Waals surface area contributed by atoms with Crippen LogP contribution in [0.2, 0.25) is 0 Å². The molecule has 35 heavy (non-hydrogen) atoms. The van der Waals surface area contributed by atoms with Gasteiger partial charge in [0.05, 0.1) is 16.3 Å². The molecule has 6 rings (SSSR count). The molecule has 1 N–H and O–H groups in total. The number of aromatic nitrogens is 1. The smallest absolute Gasteiger partial charge is 0.412 e. The van der Waals surface area contributed by atoms with Gasteiger partial charge in [-0.05, 0) is 77.4 Å². The van der Waals surface area contributed by atoms with E-state index >= 15 is 0 Å². The largest absolute Gasteiger partial charge is 0.438 e. The lowest BCUT2D eigenvalue weighted by Crippen LogP contribution is -2.22. The molecule has 2 saturated carbocycles. The quantitative estimate of drug-likeness (QED) is 0.303. The Morgan fingerprint density at radius 3 is 2.03 bits per heavy atom. The van der Waals surface area contributed by atoms with Crippen LogP contribution >= 0.6 is 11.5 Å². The van der Waals surface area contributed by atoms with Gasteiger partial charge in [0.2, 0.25) is 0 Å². The van der Waals surface area contributed by atoms with Crippen molar-refractivity contribution in [3.05, 3.63) is 95.7 Å². The van der Waals surface area contributed by atoms with E-state index < -0.39 is 11.7 Å². The van der Waals surface area contributed by atoms with Crippen LogP contribution < -0.4 is 5.32 Å². The zero-order valence-corrected chi connectivity index (χ0v) is 20.8. The molecule has 0 saturated heterocycles. The van der Waals surface area contributed by atoms with E-state index in [9.17, 15) is 4.79 Å². The van der Waals surface area contributed by atoms with Gasteiger partial charge in [0.25, 0.3) is 0 Å². The molecule has 0 atom stereocenters. The zero-order valence-electron chi connectivity index (χ0n) is 20.0. The molecule has 0 radical (unpaired) electrons. The third-order valence-electron chi connectivity index (χ3n) is 7.44. The normalized spacial score (nSPS) is 17.0. The van der Waals surface area contributed by atoms with Crippen molar-refractivity contribution in [3.63, 3.8) is 0 Å². The Morgan fingerprint density at radius 2 is 1.43 bits per heavy atom. The lowest BCUT2D eigenvalue weighted by Gasteiger charge is -2.17. The van der Waals surface area contributed by atoms with Crippen molar-refractivity contribution in [3.8, 4) is 21.6 Å². The molecule has 0 bridgehead atoms. The number of nitrogens with one attached hydrogen (secondary N) is 1. The van der Waals surface area contributed by atoms with E-state index in [4.69, 9.17) is 4.74 Å². The Hall–Kier alpha value is -3.44. The van der Waals surface area contributed by atoms with Crippen molar-refractivity contribution in [2.75, 3.05) is 5.32 Å². The number of rotatable bonds is 6. The van der Waals surface area contributed by atoms with Gasteiger partial charge in [-0.25, -0.2) is 4.79 Å². The third-order valence-corrected chi connectivity index (χ3v) is 8.43. The average Bonchev–Trinajstić information content (AvgIpc) is 3.81. The summed E-state index contributed by atoms with van der Waals surface area (Å²) in [6, 6.07) is 27.4. The molecule has 1 amide bonds. The highest BCUT2D eigenvalue weighted by Gasteiger charge is 2.48. The second-order valence-corrected chi connectivity index (χ2v) is 10.8. The number of carbonyl (C=O) groups is 1. The fraction of sp³-hybridized carbons (Fsp3) is 0.267. The summed E-state index contributed by atoms with van der Waals surface area (Å²) in [6.45, 7) is 4.25. The minimum Gasteiger partial charge on any atom is -0.438 e. The predicted molar refractivity (Wildman–Crippen MR) is 142 cm³/mol. The van der Waals surface area contributed by atoms with Gasteiger partial charge in [0.15, 0.2) is 0 Å². The van der Waals surface area contributed by atoms with E-state index in [0.29, 0.717) is 5.41 Å². The molecule has 1 heterocycles. The van der Waals surface area contributed by atoms with Crippen LogP contribution in [-0.2, 0) is 15.8 Å². The minimum absolute atomic E-state index is 0.386. The van der Waals surface area contributed by atoms with E-state index in [0.717, 1.165) is 40.2 Å².